The van der Waals surface area contributed by atoms with Crippen LogP contribution in [0, 0.1) is 11.3 Å². The lowest BCUT2D eigenvalue weighted by molar-refractivity contribution is -0.121. The van der Waals surface area contributed by atoms with Gasteiger partial charge in [0.15, 0.2) is 11.7 Å². The molecule has 3 heterocycles. The molecule has 0 fully saturated rings. The summed E-state index contributed by atoms with van der Waals surface area (Å²) in [5.41, 5.74) is 2.44. The Hall–Kier alpha value is -3.51. The highest BCUT2D eigenvalue weighted by Gasteiger charge is 2.27. The second-order valence-electron chi connectivity index (χ2n) is 8.03. The molecule has 1 aromatic carbocycles. The topological polar surface area (TPSA) is 125 Å². The first kappa shape index (κ1) is 20.4. The van der Waals surface area contributed by atoms with Crippen molar-refractivity contribution in [1.82, 2.24) is 9.97 Å². The Balaban J connectivity index is 1.35. The molecule has 32 heavy (non-hydrogen) atoms. The van der Waals surface area contributed by atoms with Gasteiger partial charge < -0.3 is 15.0 Å². The number of fused-ring (bicyclic) bond motifs is 4. The second kappa shape index (κ2) is 8.20. The van der Waals surface area contributed by atoms with E-state index in [-0.39, 0.29) is 23.9 Å². The largest absolute Gasteiger partial charge is 0.486 e. The average molecular weight is 449 g/mol. The van der Waals surface area contributed by atoms with Crippen molar-refractivity contribution in [2.45, 2.75) is 44.4 Å². The van der Waals surface area contributed by atoms with Crippen LogP contribution in [0.2, 0.25) is 0 Å². The third-order valence-corrected chi connectivity index (χ3v) is 7.11. The zero-order valence-corrected chi connectivity index (χ0v) is 18.0. The van der Waals surface area contributed by atoms with Gasteiger partial charge in [0.05, 0.1) is 11.5 Å². The first-order chi connectivity index (χ1) is 15.5. The third kappa shape index (κ3) is 3.67. The van der Waals surface area contributed by atoms with Crippen LogP contribution in [-0.4, -0.2) is 28.3 Å². The SMILES string of the molecule is N#CC(C(=O)COc1ccc2c(c1)CCC(=O)N2)c1nc2sc3c(c2c(=O)[nH]1)CCCC3. The van der Waals surface area contributed by atoms with Crippen molar-refractivity contribution in [3.63, 3.8) is 0 Å². The van der Waals surface area contributed by atoms with Crippen LogP contribution in [0.5, 0.6) is 5.75 Å². The molecule has 162 valence electrons. The maximum Gasteiger partial charge on any atom is 0.259 e. The van der Waals surface area contributed by atoms with Gasteiger partial charge in [0.2, 0.25) is 5.91 Å². The fourth-order valence-corrected chi connectivity index (χ4v) is 5.56. The average Bonchev–Trinajstić information content (AvgIpc) is 3.17. The van der Waals surface area contributed by atoms with Gasteiger partial charge in [-0.05, 0) is 61.4 Å². The molecule has 0 bridgehead atoms. The van der Waals surface area contributed by atoms with Crippen molar-refractivity contribution in [2.75, 3.05) is 11.9 Å². The summed E-state index contributed by atoms with van der Waals surface area (Å²) in [4.78, 5) is 45.9. The Labute approximate surface area is 187 Å². The van der Waals surface area contributed by atoms with E-state index in [1.807, 2.05) is 6.07 Å². The monoisotopic (exact) mass is 448 g/mol. The Morgan fingerprint density at radius 3 is 2.91 bits per heavy atom. The number of carbonyl (C=O) groups excluding carboxylic acids is 2. The first-order valence-electron chi connectivity index (χ1n) is 10.6. The number of ketones is 1. The standard InChI is InChI=1S/C23H20N4O4S/c24-10-15(17(28)11-31-13-6-7-16-12(9-13)5-8-19(29)25-16)21-26-22(30)20-14-3-1-2-4-18(14)32-23(20)27-21/h6-7,9,15H,1-5,8,11H2,(H,25,29)(H,26,27,30). The smallest absolute Gasteiger partial charge is 0.259 e. The maximum absolute atomic E-state index is 12.8. The van der Waals surface area contributed by atoms with Gasteiger partial charge in [0, 0.05) is 17.0 Å². The summed E-state index contributed by atoms with van der Waals surface area (Å²) in [5.74, 6) is -1.19. The van der Waals surface area contributed by atoms with Crippen LogP contribution < -0.4 is 15.6 Å². The highest BCUT2D eigenvalue weighted by Crippen LogP contribution is 2.34. The Morgan fingerprint density at radius 2 is 2.06 bits per heavy atom. The molecule has 1 atom stereocenters. The number of nitriles is 1. The zero-order chi connectivity index (χ0) is 22.2. The van der Waals surface area contributed by atoms with E-state index in [9.17, 15) is 19.6 Å². The van der Waals surface area contributed by atoms with E-state index < -0.39 is 11.7 Å². The number of anilines is 1. The number of aromatic nitrogens is 2. The predicted octanol–water partition coefficient (Wildman–Crippen LogP) is 3.00. The number of Topliss-reactive ketones (excluding diaryl/α,β-unsaturated/α-hetero) is 1. The van der Waals surface area contributed by atoms with Crippen molar-refractivity contribution >= 4 is 38.9 Å². The molecule has 2 aromatic heterocycles. The number of hydrogen-bond acceptors (Lipinski definition) is 7. The van der Waals surface area contributed by atoms with Gasteiger partial charge in [-0.1, -0.05) is 0 Å². The number of rotatable bonds is 5. The van der Waals surface area contributed by atoms with Crippen LogP contribution in [0.3, 0.4) is 0 Å². The maximum atomic E-state index is 12.8. The van der Waals surface area contributed by atoms with E-state index in [0.29, 0.717) is 28.8 Å². The molecule has 9 heteroatoms. The summed E-state index contributed by atoms with van der Waals surface area (Å²) in [7, 11) is 0. The van der Waals surface area contributed by atoms with Crippen molar-refractivity contribution < 1.29 is 14.3 Å². The summed E-state index contributed by atoms with van der Waals surface area (Å²) in [6.07, 6.45) is 4.94. The molecule has 2 N–H and O–H groups in total. The lowest BCUT2D eigenvalue weighted by Gasteiger charge is -2.17. The fraction of sp³-hybridized carbons (Fsp3) is 0.348. The molecule has 0 saturated heterocycles. The minimum absolute atomic E-state index is 0.0248. The number of carbonyl (C=O) groups is 2. The minimum Gasteiger partial charge on any atom is -0.486 e. The van der Waals surface area contributed by atoms with E-state index in [2.05, 4.69) is 15.3 Å². The number of nitrogens with one attached hydrogen (secondary N) is 2. The van der Waals surface area contributed by atoms with E-state index in [0.717, 1.165) is 42.5 Å². The fourth-order valence-electron chi connectivity index (χ4n) is 4.29. The third-order valence-electron chi connectivity index (χ3n) is 5.92. The van der Waals surface area contributed by atoms with Gasteiger partial charge in [-0.3, -0.25) is 14.4 Å². The van der Waals surface area contributed by atoms with E-state index in [1.54, 1.807) is 18.2 Å². The van der Waals surface area contributed by atoms with Crippen molar-refractivity contribution in [3.05, 3.63) is 50.4 Å². The Morgan fingerprint density at radius 1 is 1.22 bits per heavy atom. The lowest BCUT2D eigenvalue weighted by atomic mass is 9.97. The molecule has 1 unspecified atom stereocenters. The number of aromatic amines is 1. The van der Waals surface area contributed by atoms with E-state index in [1.165, 1.54) is 16.2 Å². The number of aryl methyl sites for hydroxylation is 3. The number of benzene rings is 1. The molecule has 1 aliphatic heterocycles. The highest BCUT2D eigenvalue weighted by molar-refractivity contribution is 7.18. The van der Waals surface area contributed by atoms with E-state index >= 15 is 0 Å². The minimum atomic E-state index is -1.22. The van der Waals surface area contributed by atoms with Crippen LogP contribution in [0.25, 0.3) is 10.2 Å². The summed E-state index contributed by atoms with van der Waals surface area (Å²) in [5, 5.41) is 13.0. The number of hydrogen-bond donors (Lipinski definition) is 2. The predicted molar refractivity (Wildman–Crippen MR) is 119 cm³/mol. The number of H-pyrrole nitrogens is 1. The molecule has 5 rings (SSSR count). The van der Waals surface area contributed by atoms with Crippen LogP contribution >= 0.6 is 11.3 Å². The van der Waals surface area contributed by atoms with Gasteiger partial charge in [-0.2, -0.15) is 5.26 Å². The first-order valence-corrected chi connectivity index (χ1v) is 11.4. The number of thiophene rings is 1. The van der Waals surface area contributed by atoms with Crippen molar-refractivity contribution in [1.29, 1.82) is 5.26 Å². The summed E-state index contributed by atoms with van der Waals surface area (Å²) >= 11 is 1.48. The zero-order valence-electron chi connectivity index (χ0n) is 17.2. The molecule has 2 aliphatic rings. The summed E-state index contributed by atoms with van der Waals surface area (Å²) in [6, 6.07) is 7.15. The summed E-state index contributed by atoms with van der Waals surface area (Å²) < 4.78 is 5.62. The van der Waals surface area contributed by atoms with Crippen LogP contribution in [0.1, 0.15) is 47.0 Å². The molecule has 0 radical (unpaired) electrons. The lowest BCUT2D eigenvalue weighted by Crippen LogP contribution is -2.24. The molecule has 3 aromatic rings. The molecular formula is C23H20N4O4S. The van der Waals surface area contributed by atoms with Crippen molar-refractivity contribution in [3.8, 4) is 11.8 Å². The quantitative estimate of drug-likeness (QED) is 0.618. The van der Waals surface area contributed by atoms with Gasteiger partial charge in [-0.25, -0.2) is 4.98 Å². The van der Waals surface area contributed by atoms with Gasteiger partial charge >= 0.3 is 0 Å². The highest BCUT2D eigenvalue weighted by atomic mass is 32.1. The van der Waals surface area contributed by atoms with Gasteiger partial charge in [0.1, 0.15) is 23.0 Å². The van der Waals surface area contributed by atoms with Gasteiger partial charge in [0.25, 0.3) is 5.56 Å². The molecule has 1 amide bonds. The number of amides is 1. The Kier molecular flexibility index (Phi) is 5.23. The normalized spacial score (nSPS) is 15.9. The Bertz CT molecular complexity index is 1350. The van der Waals surface area contributed by atoms with Crippen LogP contribution in [0.4, 0.5) is 5.69 Å². The molecule has 0 spiro atoms. The molecule has 1 aliphatic carbocycles. The molecule has 8 nitrogen and oxygen atoms in total. The second-order valence-corrected chi connectivity index (χ2v) is 9.11. The number of ether oxygens (including phenoxy) is 1. The van der Waals surface area contributed by atoms with Crippen LogP contribution in [0.15, 0.2) is 23.0 Å². The number of nitrogens with zero attached hydrogens (tertiary/aromatic N) is 2. The van der Waals surface area contributed by atoms with Crippen molar-refractivity contribution in [2.24, 2.45) is 0 Å². The van der Waals surface area contributed by atoms with Crippen LogP contribution in [-0.2, 0) is 28.9 Å². The van der Waals surface area contributed by atoms with E-state index in [4.69, 9.17) is 4.74 Å². The van der Waals surface area contributed by atoms with Gasteiger partial charge in [-0.15, -0.1) is 11.3 Å². The molecular weight excluding hydrogens is 428 g/mol. The summed E-state index contributed by atoms with van der Waals surface area (Å²) in [6.45, 7) is -0.327. The molecule has 0 saturated carbocycles.